The van der Waals surface area contributed by atoms with Crippen molar-refractivity contribution in [1.29, 1.82) is 5.26 Å². The van der Waals surface area contributed by atoms with Crippen LogP contribution in [0.4, 0.5) is 5.69 Å². The Morgan fingerprint density at radius 3 is 3.29 bits per heavy atom. The van der Waals surface area contributed by atoms with Crippen molar-refractivity contribution >= 4 is 17.4 Å². The van der Waals surface area contributed by atoms with Crippen molar-refractivity contribution < 1.29 is 0 Å². The molecule has 1 atom stereocenters. The SMILES string of the molecule is N#Cc1cc(NC2CCSC2)ccn1. The van der Waals surface area contributed by atoms with Crippen molar-refractivity contribution in [2.24, 2.45) is 0 Å². The number of hydrogen-bond donors (Lipinski definition) is 1. The first kappa shape index (κ1) is 9.35. The first-order valence-corrected chi connectivity index (χ1v) is 5.74. The molecule has 1 fully saturated rings. The summed E-state index contributed by atoms with van der Waals surface area (Å²) >= 11 is 1.97. The third kappa shape index (κ3) is 2.18. The summed E-state index contributed by atoms with van der Waals surface area (Å²) < 4.78 is 0. The molecule has 0 aromatic carbocycles. The average molecular weight is 205 g/mol. The summed E-state index contributed by atoms with van der Waals surface area (Å²) in [4.78, 5) is 3.93. The van der Waals surface area contributed by atoms with Crippen LogP contribution in [-0.2, 0) is 0 Å². The second-order valence-electron chi connectivity index (χ2n) is 3.25. The Balaban J connectivity index is 2.05. The van der Waals surface area contributed by atoms with Gasteiger partial charge in [0.1, 0.15) is 11.8 Å². The van der Waals surface area contributed by atoms with Crippen LogP contribution in [-0.4, -0.2) is 22.5 Å². The van der Waals surface area contributed by atoms with Gasteiger partial charge in [0.25, 0.3) is 0 Å². The fourth-order valence-corrected chi connectivity index (χ4v) is 2.62. The van der Waals surface area contributed by atoms with E-state index in [1.807, 2.05) is 23.9 Å². The minimum Gasteiger partial charge on any atom is -0.381 e. The van der Waals surface area contributed by atoms with E-state index in [4.69, 9.17) is 5.26 Å². The summed E-state index contributed by atoms with van der Waals surface area (Å²) in [7, 11) is 0. The molecule has 1 aromatic rings. The lowest BCUT2D eigenvalue weighted by Gasteiger charge is -2.12. The quantitative estimate of drug-likeness (QED) is 0.800. The summed E-state index contributed by atoms with van der Waals surface area (Å²) in [5.74, 6) is 2.39. The van der Waals surface area contributed by atoms with Gasteiger partial charge in [-0.2, -0.15) is 17.0 Å². The summed E-state index contributed by atoms with van der Waals surface area (Å²) in [6.45, 7) is 0. The molecule has 0 radical (unpaired) electrons. The van der Waals surface area contributed by atoms with E-state index >= 15 is 0 Å². The Bertz CT molecular complexity index is 353. The highest BCUT2D eigenvalue weighted by atomic mass is 32.2. The van der Waals surface area contributed by atoms with Crippen LogP contribution in [0.25, 0.3) is 0 Å². The molecule has 0 bridgehead atoms. The smallest absolute Gasteiger partial charge is 0.142 e. The minimum absolute atomic E-state index is 0.473. The normalized spacial score (nSPS) is 20.4. The molecule has 1 N–H and O–H groups in total. The van der Waals surface area contributed by atoms with Crippen LogP contribution in [0.3, 0.4) is 0 Å². The number of anilines is 1. The summed E-state index contributed by atoms with van der Waals surface area (Å²) in [5, 5.41) is 12.1. The lowest BCUT2D eigenvalue weighted by Crippen LogP contribution is -2.18. The molecule has 3 nitrogen and oxygen atoms in total. The van der Waals surface area contributed by atoms with Crippen LogP contribution in [0.15, 0.2) is 18.3 Å². The predicted molar refractivity (Wildman–Crippen MR) is 58.3 cm³/mol. The number of pyridine rings is 1. The highest BCUT2D eigenvalue weighted by Gasteiger charge is 2.14. The highest BCUT2D eigenvalue weighted by Crippen LogP contribution is 2.21. The van der Waals surface area contributed by atoms with Gasteiger partial charge >= 0.3 is 0 Å². The van der Waals surface area contributed by atoms with E-state index in [1.165, 1.54) is 12.2 Å². The van der Waals surface area contributed by atoms with Crippen LogP contribution < -0.4 is 5.32 Å². The number of nitrogens with one attached hydrogen (secondary N) is 1. The molecule has 0 aliphatic carbocycles. The van der Waals surface area contributed by atoms with Gasteiger partial charge in [-0.3, -0.25) is 0 Å². The molecule has 1 aromatic heterocycles. The number of aromatic nitrogens is 1. The van der Waals surface area contributed by atoms with E-state index in [0.29, 0.717) is 11.7 Å². The Morgan fingerprint density at radius 1 is 1.64 bits per heavy atom. The lowest BCUT2D eigenvalue weighted by molar-refractivity contribution is 0.812. The first-order valence-electron chi connectivity index (χ1n) is 4.59. The highest BCUT2D eigenvalue weighted by molar-refractivity contribution is 7.99. The molecule has 0 spiro atoms. The molecule has 1 unspecified atom stereocenters. The van der Waals surface area contributed by atoms with E-state index in [9.17, 15) is 0 Å². The van der Waals surface area contributed by atoms with Gasteiger partial charge < -0.3 is 5.32 Å². The fraction of sp³-hybridized carbons (Fsp3) is 0.400. The molecule has 0 saturated carbocycles. The van der Waals surface area contributed by atoms with Crippen molar-refractivity contribution in [3.05, 3.63) is 24.0 Å². The maximum atomic E-state index is 8.68. The fourth-order valence-electron chi connectivity index (χ4n) is 1.47. The monoisotopic (exact) mass is 205 g/mol. The predicted octanol–water partition coefficient (Wildman–Crippen LogP) is 1.87. The van der Waals surface area contributed by atoms with E-state index in [2.05, 4.69) is 10.3 Å². The first-order chi connectivity index (χ1) is 6.88. The molecule has 2 heterocycles. The molecule has 0 amide bonds. The Labute approximate surface area is 87.5 Å². The molecule has 1 aliphatic rings. The van der Waals surface area contributed by atoms with E-state index in [1.54, 1.807) is 12.3 Å². The molecular formula is C10H11N3S. The maximum absolute atomic E-state index is 8.68. The van der Waals surface area contributed by atoms with Gasteiger partial charge in [-0.05, 0) is 24.3 Å². The van der Waals surface area contributed by atoms with Crippen molar-refractivity contribution in [2.75, 3.05) is 16.8 Å². The topological polar surface area (TPSA) is 48.7 Å². The Hall–Kier alpha value is -1.21. The van der Waals surface area contributed by atoms with Gasteiger partial charge in [0.2, 0.25) is 0 Å². The van der Waals surface area contributed by atoms with Crippen LogP contribution in [0, 0.1) is 11.3 Å². The van der Waals surface area contributed by atoms with E-state index in [-0.39, 0.29) is 0 Å². The van der Waals surface area contributed by atoms with E-state index < -0.39 is 0 Å². The number of nitrogens with zero attached hydrogens (tertiary/aromatic N) is 2. The summed E-state index contributed by atoms with van der Waals surface area (Å²) in [6, 6.07) is 6.29. The molecule has 2 rings (SSSR count). The minimum atomic E-state index is 0.473. The van der Waals surface area contributed by atoms with Crippen LogP contribution in [0.1, 0.15) is 12.1 Å². The maximum Gasteiger partial charge on any atom is 0.142 e. The third-order valence-corrected chi connectivity index (χ3v) is 3.34. The number of thioether (sulfide) groups is 1. The summed E-state index contributed by atoms with van der Waals surface area (Å²) in [6.07, 6.45) is 2.87. The zero-order valence-corrected chi connectivity index (χ0v) is 8.55. The lowest BCUT2D eigenvalue weighted by atomic mass is 10.2. The van der Waals surface area contributed by atoms with Crippen LogP contribution >= 0.6 is 11.8 Å². The van der Waals surface area contributed by atoms with Crippen molar-refractivity contribution in [3.8, 4) is 6.07 Å². The van der Waals surface area contributed by atoms with Crippen molar-refractivity contribution in [1.82, 2.24) is 4.98 Å². The summed E-state index contributed by atoms with van der Waals surface area (Å²) in [5.41, 5.74) is 1.48. The van der Waals surface area contributed by atoms with Crippen molar-refractivity contribution in [3.63, 3.8) is 0 Å². The Morgan fingerprint density at radius 2 is 2.57 bits per heavy atom. The van der Waals surface area contributed by atoms with Gasteiger partial charge in [-0.15, -0.1) is 0 Å². The zero-order valence-electron chi connectivity index (χ0n) is 7.73. The largest absolute Gasteiger partial charge is 0.381 e. The second-order valence-corrected chi connectivity index (χ2v) is 4.40. The van der Waals surface area contributed by atoms with E-state index in [0.717, 1.165) is 11.4 Å². The average Bonchev–Trinajstić information content (AvgIpc) is 2.71. The van der Waals surface area contributed by atoms with Gasteiger partial charge in [0.05, 0.1) is 0 Å². The number of rotatable bonds is 2. The van der Waals surface area contributed by atoms with Gasteiger partial charge in [0.15, 0.2) is 0 Å². The second kappa shape index (κ2) is 4.34. The van der Waals surface area contributed by atoms with Gasteiger partial charge in [0, 0.05) is 23.7 Å². The standard InChI is InChI=1S/C10H11N3S/c11-6-10-5-8(1-3-12-10)13-9-2-4-14-7-9/h1,3,5,9H,2,4,7H2,(H,12,13). The van der Waals surface area contributed by atoms with Crippen LogP contribution in [0.2, 0.25) is 0 Å². The number of hydrogen-bond acceptors (Lipinski definition) is 4. The zero-order chi connectivity index (χ0) is 9.80. The van der Waals surface area contributed by atoms with Gasteiger partial charge in [-0.1, -0.05) is 0 Å². The Kier molecular flexibility index (Phi) is 2.90. The van der Waals surface area contributed by atoms with Gasteiger partial charge in [-0.25, -0.2) is 4.98 Å². The molecular weight excluding hydrogens is 194 g/mol. The third-order valence-electron chi connectivity index (χ3n) is 2.17. The molecule has 1 saturated heterocycles. The van der Waals surface area contributed by atoms with Crippen LogP contribution in [0.5, 0.6) is 0 Å². The molecule has 1 aliphatic heterocycles. The molecule has 4 heteroatoms. The molecule has 72 valence electrons. The number of nitriles is 1. The molecule has 14 heavy (non-hydrogen) atoms. The van der Waals surface area contributed by atoms with Crippen molar-refractivity contribution in [2.45, 2.75) is 12.5 Å².